The van der Waals surface area contributed by atoms with Gasteiger partial charge in [-0.3, -0.25) is 0 Å². The number of nitrogens with zero attached hydrogens (tertiary/aromatic N) is 2. The second-order valence-electron chi connectivity index (χ2n) is 3.26. The van der Waals surface area contributed by atoms with Crippen LogP contribution in [0.4, 0.5) is 5.95 Å². The van der Waals surface area contributed by atoms with E-state index in [9.17, 15) is 0 Å². The highest BCUT2D eigenvalue weighted by Crippen LogP contribution is 2.12. The lowest BCUT2D eigenvalue weighted by Gasteiger charge is -2.22. The Morgan fingerprint density at radius 1 is 1.57 bits per heavy atom. The highest BCUT2D eigenvalue weighted by atomic mass is 79.9. The molecule has 1 unspecified atom stereocenters. The zero-order chi connectivity index (χ0) is 9.80. The van der Waals surface area contributed by atoms with Crippen molar-refractivity contribution >= 4 is 21.9 Å². The van der Waals surface area contributed by atoms with Crippen LogP contribution >= 0.6 is 15.9 Å². The topological polar surface area (TPSA) is 47.0 Å². The van der Waals surface area contributed by atoms with Crippen molar-refractivity contribution in [2.24, 2.45) is 0 Å². The van der Waals surface area contributed by atoms with Crippen molar-refractivity contribution in [2.45, 2.75) is 18.9 Å². The van der Waals surface area contributed by atoms with Gasteiger partial charge in [-0.2, -0.15) is 0 Å². The maximum absolute atomic E-state index is 5.35. The minimum atomic E-state index is 0.345. The van der Waals surface area contributed by atoms with Gasteiger partial charge in [-0.1, -0.05) is 0 Å². The molecule has 0 spiro atoms. The maximum Gasteiger partial charge on any atom is 0.223 e. The van der Waals surface area contributed by atoms with Gasteiger partial charge < -0.3 is 10.1 Å². The number of halogens is 1. The summed E-state index contributed by atoms with van der Waals surface area (Å²) in [5.41, 5.74) is 0. The average Bonchev–Trinajstić information content (AvgIpc) is 2.19. The molecule has 1 aromatic heterocycles. The van der Waals surface area contributed by atoms with Crippen LogP contribution in [0, 0.1) is 0 Å². The lowest BCUT2D eigenvalue weighted by atomic mass is 10.1. The summed E-state index contributed by atoms with van der Waals surface area (Å²) < 4.78 is 6.15. The molecular formula is C9H12BrN3O. The van der Waals surface area contributed by atoms with Crippen molar-refractivity contribution in [3.63, 3.8) is 0 Å². The summed E-state index contributed by atoms with van der Waals surface area (Å²) in [4.78, 5) is 8.33. The van der Waals surface area contributed by atoms with Gasteiger partial charge in [0.25, 0.3) is 0 Å². The minimum absolute atomic E-state index is 0.345. The molecule has 14 heavy (non-hydrogen) atoms. The monoisotopic (exact) mass is 257 g/mol. The smallest absolute Gasteiger partial charge is 0.223 e. The number of rotatable bonds is 2. The van der Waals surface area contributed by atoms with Crippen LogP contribution in [0.5, 0.6) is 0 Å². The summed E-state index contributed by atoms with van der Waals surface area (Å²) in [5, 5.41) is 3.24. The van der Waals surface area contributed by atoms with Gasteiger partial charge in [0.05, 0.1) is 12.6 Å². The highest BCUT2D eigenvalue weighted by Gasteiger charge is 2.14. The van der Waals surface area contributed by atoms with Crippen LogP contribution in [0.25, 0.3) is 0 Å². The van der Waals surface area contributed by atoms with Crippen LogP contribution in [0.15, 0.2) is 16.9 Å². The van der Waals surface area contributed by atoms with Crippen molar-refractivity contribution < 1.29 is 4.74 Å². The van der Waals surface area contributed by atoms with Crippen LogP contribution < -0.4 is 5.32 Å². The molecule has 1 fully saturated rings. The Bertz CT molecular complexity index is 302. The Morgan fingerprint density at radius 3 is 3.21 bits per heavy atom. The number of nitrogens with one attached hydrogen (secondary N) is 1. The molecule has 0 aromatic carbocycles. The Labute approximate surface area is 91.2 Å². The molecule has 1 saturated heterocycles. The molecule has 1 aliphatic rings. The van der Waals surface area contributed by atoms with Crippen molar-refractivity contribution in [3.05, 3.63) is 16.9 Å². The molecule has 76 valence electrons. The van der Waals surface area contributed by atoms with E-state index >= 15 is 0 Å². The van der Waals surface area contributed by atoms with Crippen molar-refractivity contribution in [1.29, 1.82) is 0 Å². The first-order chi connectivity index (χ1) is 6.84. The Morgan fingerprint density at radius 2 is 2.50 bits per heavy atom. The van der Waals surface area contributed by atoms with Crippen LogP contribution in [0.3, 0.4) is 0 Å². The van der Waals surface area contributed by atoms with Crippen molar-refractivity contribution in [1.82, 2.24) is 9.97 Å². The highest BCUT2D eigenvalue weighted by molar-refractivity contribution is 9.10. The zero-order valence-electron chi connectivity index (χ0n) is 7.74. The summed E-state index contributed by atoms with van der Waals surface area (Å²) in [6, 6.07) is 2.15. The van der Waals surface area contributed by atoms with E-state index in [-0.39, 0.29) is 0 Å². The molecule has 2 heterocycles. The number of ether oxygens (including phenoxy) is 1. The fourth-order valence-electron chi connectivity index (χ4n) is 1.44. The molecule has 0 saturated carbocycles. The average molecular weight is 258 g/mol. The van der Waals surface area contributed by atoms with E-state index in [0.717, 1.165) is 30.7 Å². The maximum atomic E-state index is 5.35. The van der Waals surface area contributed by atoms with Gasteiger partial charge in [-0.15, -0.1) is 0 Å². The number of hydrogen-bond donors (Lipinski definition) is 1. The van der Waals surface area contributed by atoms with E-state index < -0.39 is 0 Å². The molecule has 0 bridgehead atoms. The molecule has 1 aliphatic heterocycles. The first kappa shape index (κ1) is 9.86. The predicted molar refractivity (Wildman–Crippen MR) is 57.2 cm³/mol. The minimum Gasteiger partial charge on any atom is -0.379 e. The van der Waals surface area contributed by atoms with Gasteiger partial charge >= 0.3 is 0 Å². The fraction of sp³-hybridized carbons (Fsp3) is 0.556. The molecule has 1 N–H and O–H groups in total. The van der Waals surface area contributed by atoms with Crippen LogP contribution in [-0.2, 0) is 4.74 Å². The zero-order valence-corrected chi connectivity index (χ0v) is 9.33. The summed E-state index contributed by atoms with van der Waals surface area (Å²) in [5.74, 6) is 0.662. The molecule has 1 aromatic rings. The van der Waals surface area contributed by atoms with Crippen LogP contribution in [-0.4, -0.2) is 29.2 Å². The van der Waals surface area contributed by atoms with Gasteiger partial charge in [0, 0.05) is 12.8 Å². The van der Waals surface area contributed by atoms with Crippen molar-refractivity contribution in [2.75, 3.05) is 18.5 Å². The number of hydrogen-bond acceptors (Lipinski definition) is 4. The first-order valence-electron chi connectivity index (χ1n) is 4.67. The quantitative estimate of drug-likeness (QED) is 0.822. The summed E-state index contributed by atoms with van der Waals surface area (Å²) in [7, 11) is 0. The van der Waals surface area contributed by atoms with Crippen LogP contribution in [0.1, 0.15) is 12.8 Å². The summed E-state index contributed by atoms with van der Waals surface area (Å²) in [6.45, 7) is 1.62. The third-order valence-electron chi connectivity index (χ3n) is 2.12. The largest absolute Gasteiger partial charge is 0.379 e. The fourth-order valence-corrected chi connectivity index (χ4v) is 1.73. The lowest BCUT2D eigenvalue weighted by Crippen LogP contribution is -2.30. The molecular weight excluding hydrogens is 246 g/mol. The predicted octanol–water partition coefficient (Wildman–Crippen LogP) is 1.83. The third-order valence-corrected chi connectivity index (χ3v) is 2.56. The first-order valence-corrected chi connectivity index (χ1v) is 5.47. The van der Waals surface area contributed by atoms with Gasteiger partial charge in [-0.25, -0.2) is 9.97 Å². The molecule has 0 aliphatic carbocycles. The van der Waals surface area contributed by atoms with Crippen molar-refractivity contribution in [3.8, 4) is 0 Å². The van der Waals surface area contributed by atoms with E-state index in [1.165, 1.54) is 0 Å². The van der Waals surface area contributed by atoms with Crippen LogP contribution in [0.2, 0.25) is 0 Å². The van der Waals surface area contributed by atoms with E-state index in [4.69, 9.17) is 4.74 Å². The molecule has 5 heteroatoms. The molecule has 1 atom stereocenters. The molecule has 0 radical (unpaired) electrons. The lowest BCUT2D eigenvalue weighted by molar-refractivity contribution is 0.0874. The van der Waals surface area contributed by atoms with E-state index in [0.29, 0.717) is 12.0 Å². The number of aromatic nitrogens is 2. The van der Waals surface area contributed by atoms with E-state index in [2.05, 4.69) is 31.2 Å². The molecule has 2 rings (SSSR count). The summed E-state index contributed by atoms with van der Waals surface area (Å²) >= 11 is 3.30. The Kier molecular flexibility index (Phi) is 3.31. The van der Waals surface area contributed by atoms with E-state index in [1.807, 2.05) is 6.07 Å². The normalized spacial score (nSPS) is 21.9. The van der Waals surface area contributed by atoms with Gasteiger partial charge in [0.1, 0.15) is 4.60 Å². The number of anilines is 1. The summed E-state index contributed by atoms with van der Waals surface area (Å²) in [6.07, 6.45) is 3.95. The SMILES string of the molecule is Brc1ccnc(NC2CCCOC2)n1. The van der Waals surface area contributed by atoms with Gasteiger partial charge in [0.2, 0.25) is 5.95 Å². The Balaban J connectivity index is 1.95. The van der Waals surface area contributed by atoms with E-state index in [1.54, 1.807) is 6.20 Å². The third kappa shape index (κ3) is 2.65. The second-order valence-corrected chi connectivity index (χ2v) is 4.07. The standard InChI is InChI=1S/C9H12BrN3O/c10-8-3-4-11-9(13-8)12-7-2-1-5-14-6-7/h3-4,7H,1-2,5-6H2,(H,11,12,13). The molecule has 4 nitrogen and oxygen atoms in total. The van der Waals surface area contributed by atoms with Gasteiger partial charge in [-0.05, 0) is 34.8 Å². The second kappa shape index (κ2) is 4.70. The Hall–Kier alpha value is -0.680. The molecule has 0 amide bonds. The van der Waals surface area contributed by atoms with Gasteiger partial charge in [0.15, 0.2) is 0 Å².